The summed E-state index contributed by atoms with van der Waals surface area (Å²) in [6.07, 6.45) is 0.313. The van der Waals surface area contributed by atoms with Gasteiger partial charge in [-0.1, -0.05) is 12.1 Å². The number of sulfonamides is 1. The second kappa shape index (κ2) is 9.83. The lowest BCUT2D eigenvalue weighted by Crippen LogP contribution is -2.21. The lowest BCUT2D eigenvalue weighted by molar-refractivity contribution is -0.147. The lowest BCUT2D eigenvalue weighted by Gasteiger charge is -2.07. The van der Waals surface area contributed by atoms with Crippen molar-refractivity contribution in [3.8, 4) is 0 Å². The molecule has 3 N–H and O–H groups in total. The van der Waals surface area contributed by atoms with E-state index in [9.17, 15) is 22.8 Å². The van der Waals surface area contributed by atoms with Crippen LogP contribution in [0.15, 0.2) is 29.2 Å². The molecule has 30 heavy (non-hydrogen) atoms. The number of methoxy groups -OCH3 is 1. The third-order valence-corrected chi connectivity index (χ3v) is 6.31. The van der Waals surface area contributed by atoms with E-state index < -0.39 is 34.5 Å². The predicted molar refractivity (Wildman–Crippen MR) is 111 cm³/mol. The van der Waals surface area contributed by atoms with E-state index in [0.29, 0.717) is 17.0 Å². The number of benzene rings is 1. The SMILES string of the molecule is COC(=O)c1c(NC(=O)COC(=O)CCc2ccc(S(N)(=O)=O)cc2)sc(C)c1C. The van der Waals surface area contributed by atoms with Crippen LogP contribution in [0.4, 0.5) is 5.00 Å². The number of thiophene rings is 1. The molecule has 0 atom stereocenters. The minimum atomic E-state index is -3.77. The van der Waals surface area contributed by atoms with Crippen molar-refractivity contribution in [3.63, 3.8) is 0 Å². The van der Waals surface area contributed by atoms with E-state index in [2.05, 4.69) is 5.32 Å². The highest BCUT2D eigenvalue weighted by Gasteiger charge is 2.22. The number of primary sulfonamides is 1. The Labute approximate surface area is 178 Å². The van der Waals surface area contributed by atoms with Gasteiger partial charge in [0.1, 0.15) is 5.00 Å². The van der Waals surface area contributed by atoms with Gasteiger partial charge < -0.3 is 14.8 Å². The lowest BCUT2D eigenvalue weighted by atomic mass is 10.1. The van der Waals surface area contributed by atoms with E-state index in [1.54, 1.807) is 19.1 Å². The van der Waals surface area contributed by atoms with Gasteiger partial charge in [0.2, 0.25) is 10.0 Å². The Morgan fingerprint density at radius 1 is 1.13 bits per heavy atom. The first-order valence-corrected chi connectivity index (χ1v) is 11.1. The number of carbonyl (C=O) groups excluding carboxylic acids is 3. The van der Waals surface area contributed by atoms with E-state index in [-0.39, 0.29) is 16.9 Å². The van der Waals surface area contributed by atoms with Crippen molar-refractivity contribution in [2.75, 3.05) is 19.0 Å². The average molecular weight is 455 g/mol. The van der Waals surface area contributed by atoms with Crippen LogP contribution in [0.1, 0.15) is 32.8 Å². The van der Waals surface area contributed by atoms with Gasteiger partial charge in [0.15, 0.2) is 6.61 Å². The van der Waals surface area contributed by atoms with Crippen molar-refractivity contribution in [1.29, 1.82) is 0 Å². The van der Waals surface area contributed by atoms with E-state index in [0.717, 1.165) is 10.4 Å². The van der Waals surface area contributed by atoms with Crippen LogP contribution in [0.3, 0.4) is 0 Å². The molecule has 2 rings (SSSR count). The topological polar surface area (TPSA) is 142 Å². The molecular formula is C19H22N2O7S2. The molecule has 0 radical (unpaired) electrons. The van der Waals surface area contributed by atoms with Gasteiger partial charge in [-0.2, -0.15) is 0 Å². The molecule has 0 unspecified atom stereocenters. The number of amides is 1. The molecule has 9 nitrogen and oxygen atoms in total. The smallest absolute Gasteiger partial charge is 0.341 e. The highest BCUT2D eigenvalue weighted by molar-refractivity contribution is 7.89. The third kappa shape index (κ3) is 6.12. The zero-order valence-electron chi connectivity index (χ0n) is 16.7. The number of hydrogen-bond donors (Lipinski definition) is 2. The van der Waals surface area contributed by atoms with Gasteiger partial charge in [-0.25, -0.2) is 18.4 Å². The first-order chi connectivity index (χ1) is 14.0. The maximum absolute atomic E-state index is 12.1. The van der Waals surface area contributed by atoms with E-state index in [1.165, 1.54) is 30.6 Å². The highest BCUT2D eigenvalue weighted by atomic mass is 32.2. The summed E-state index contributed by atoms with van der Waals surface area (Å²) in [5.74, 6) is -1.72. The van der Waals surface area contributed by atoms with Gasteiger partial charge in [-0.05, 0) is 43.5 Å². The first-order valence-electron chi connectivity index (χ1n) is 8.78. The summed E-state index contributed by atoms with van der Waals surface area (Å²) in [6, 6.07) is 5.81. The fraction of sp³-hybridized carbons (Fsp3) is 0.316. The maximum atomic E-state index is 12.1. The van der Waals surface area contributed by atoms with E-state index in [4.69, 9.17) is 14.6 Å². The molecule has 0 bridgehead atoms. The molecule has 0 aliphatic carbocycles. The van der Waals surface area contributed by atoms with Crippen LogP contribution in [0.25, 0.3) is 0 Å². The highest BCUT2D eigenvalue weighted by Crippen LogP contribution is 2.32. The van der Waals surface area contributed by atoms with Gasteiger partial charge >= 0.3 is 11.9 Å². The monoisotopic (exact) mass is 454 g/mol. The number of anilines is 1. The fourth-order valence-corrected chi connectivity index (χ4v) is 4.12. The number of rotatable bonds is 8. The molecule has 1 heterocycles. The number of hydrogen-bond acceptors (Lipinski definition) is 8. The summed E-state index contributed by atoms with van der Waals surface area (Å²) in [5, 5.41) is 7.94. The van der Waals surface area contributed by atoms with Crippen LogP contribution in [-0.2, 0) is 35.5 Å². The maximum Gasteiger partial charge on any atom is 0.341 e. The second-order valence-electron chi connectivity index (χ2n) is 6.38. The molecule has 0 saturated carbocycles. The molecule has 2 aromatic rings. The van der Waals surface area contributed by atoms with Crippen LogP contribution < -0.4 is 10.5 Å². The number of nitrogens with two attached hydrogens (primary N) is 1. The Morgan fingerprint density at radius 2 is 1.77 bits per heavy atom. The minimum Gasteiger partial charge on any atom is -0.465 e. The molecule has 1 aromatic heterocycles. The normalized spacial score (nSPS) is 11.1. The number of nitrogens with one attached hydrogen (secondary N) is 1. The molecular weight excluding hydrogens is 432 g/mol. The molecule has 1 aromatic carbocycles. The Bertz CT molecular complexity index is 1060. The Hall–Kier alpha value is -2.76. The van der Waals surface area contributed by atoms with Gasteiger partial charge in [0.05, 0.1) is 17.6 Å². The Balaban J connectivity index is 1.86. The standard InChI is InChI=1S/C19H22N2O7S2/c1-11-12(2)29-18(17(11)19(24)27-3)21-15(22)10-28-16(23)9-6-13-4-7-14(8-5-13)30(20,25)26/h4-5,7-8H,6,9-10H2,1-3H3,(H,21,22)(H2,20,25,26). The number of ether oxygens (including phenoxy) is 2. The Kier molecular flexibility index (Phi) is 7.71. The molecule has 0 spiro atoms. The van der Waals surface area contributed by atoms with Gasteiger partial charge in [-0.3, -0.25) is 9.59 Å². The molecule has 0 aliphatic heterocycles. The van der Waals surface area contributed by atoms with Crippen molar-refractivity contribution in [2.24, 2.45) is 5.14 Å². The largest absolute Gasteiger partial charge is 0.465 e. The Morgan fingerprint density at radius 3 is 2.33 bits per heavy atom. The van der Waals surface area contributed by atoms with Crippen molar-refractivity contribution in [1.82, 2.24) is 0 Å². The summed E-state index contributed by atoms with van der Waals surface area (Å²) in [6.45, 7) is 3.07. The quantitative estimate of drug-likeness (QED) is 0.580. The van der Waals surface area contributed by atoms with Crippen molar-refractivity contribution in [2.45, 2.75) is 31.6 Å². The van der Waals surface area contributed by atoms with Crippen molar-refractivity contribution in [3.05, 3.63) is 45.8 Å². The number of carbonyl (C=O) groups is 3. The molecule has 162 valence electrons. The number of aryl methyl sites for hydroxylation is 2. The second-order valence-corrected chi connectivity index (χ2v) is 9.16. The van der Waals surface area contributed by atoms with Crippen molar-refractivity contribution < 1.29 is 32.3 Å². The summed E-state index contributed by atoms with van der Waals surface area (Å²) in [5.41, 5.74) is 1.71. The predicted octanol–water partition coefficient (Wildman–Crippen LogP) is 1.91. The zero-order chi connectivity index (χ0) is 22.5. The van der Waals surface area contributed by atoms with Gasteiger partial charge in [0, 0.05) is 11.3 Å². The minimum absolute atomic E-state index is 0.00658. The van der Waals surface area contributed by atoms with Crippen LogP contribution in [-0.4, -0.2) is 40.0 Å². The van der Waals surface area contributed by atoms with Gasteiger partial charge in [-0.15, -0.1) is 11.3 Å². The number of esters is 2. The molecule has 0 aliphatic rings. The van der Waals surface area contributed by atoms with E-state index in [1.807, 2.05) is 6.92 Å². The van der Waals surface area contributed by atoms with Crippen molar-refractivity contribution >= 4 is 44.2 Å². The molecule has 0 saturated heterocycles. The first kappa shape index (κ1) is 23.5. The van der Waals surface area contributed by atoms with E-state index >= 15 is 0 Å². The zero-order valence-corrected chi connectivity index (χ0v) is 18.3. The fourth-order valence-electron chi connectivity index (χ4n) is 2.54. The molecule has 11 heteroatoms. The average Bonchev–Trinajstić information content (AvgIpc) is 2.97. The van der Waals surface area contributed by atoms with Gasteiger partial charge in [0.25, 0.3) is 5.91 Å². The summed E-state index contributed by atoms with van der Waals surface area (Å²) in [7, 11) is -2.52. The molecule has 1 amide bonds. The summed E-state index contributed by atoms with van der Waals surface area (Å²) >= 11 is 1.23. The third-order valence-electron chi connectivity index (χ3n) is 4.26. The van der Waals surface area contributed by atoms with Crippen LogP contribution in [0.5, 0.6) is 0 Å². The summed E-state index contributed by atoms with van der Waals surface area (Å²) in [4.78, 5) is 36.8. The van der Waals surface area contributed by atoms with Crippen LogP contribution in [0, 0.1) is 13.8 Å². The molecule has 0 fully saturated rings. The van der Waals surface area contributed by atoms with Crippen LogP contribution >= 0.6 is 11.3 Å². The van der Waals surface area contributed by atoms with Crippen LogP contribution in [0.2, 0.25) is 0 Å². The summed E-state index contributed by atoms with van der Waals surface area (Å²) < 4.78 is 32.2.